The van der Waals surface area contributed by atoms with Crippen LogP contribution >= 0.6 is 0 Å². The summed E-state index contributed by atoms with van der Waals surface area (Å²) in [6.45, 7) is 0.952. The van der Waals surface area contributed by atoms with Gasteiger partial charge in [-0.1, -0.05) is 0 Å². The Kier molecular flexibility index (Phi) is 3.33. The molecule has 4 nitrogen and oxygen atoms in total. The van der Waals surface area contributed by atoms with Crippen LogP contribution in [0.2, 0.25) is 0 Å². The molecule has 1 aromatic carbocycles. The van der Waals surface area contributed by atoms with Crippen molar-refractivity contribution in [3.8, 4) is 0 Å². The largest absolute Gasteiger partial charge is 0.312 e. The van der Waals surface area contributed by atoms with Crippen LogP contribution in [0.1, 0.15) is 18.4 Å². The van der Waals surface area contributed by atoms with Gasteiger partial charge in [0.25, 0.3) is 0 Å². The van der Waals surface area contributed by atoms with Crippen LogP contribution in [-0.4, -0.2) is 11.5 Å². The van der Waals surface area contributed by atoms with E-state index in [9.17, 15) is 18.9 Å². The number of nitrogens with zero attached hydrogens (tertiary/aromatic N) is 1. The van der Waals surface area contributed by atoms with E-state index in [2.05, 4.69) is 5.32 Å². The fraction of sp³-hybridized carbons (Fsp3) is 0.455. The molecule has 92 valence electrons. The topological polar surface area (TPSA) is 55.2 Å². The molecule has 1 saturated carbocycles. The molecule has 1 aliphatic carbocycles. The zero-order valence-electron chi connectivity index (χ0n) is 9.08. The predicted octanol–water partition coefficient (Wildman–Crippen LogP) is 2.37. The molecular weight excluding hydrogens is 230 g/mol. The molecule has 1 fully saturated rings. The van der Waals surface area contributed by atoms with Gasteiger partial charge in [0.05, 0.1) is 4.92 Å². The van der Waals surface area contributed by atoms with Gasteiger partial charge in [-0.15, -0.1) is 0 Å². The highest BCUT2D eigenvalue weighted by molar-refractivity contribution is 5.37. The maximum absolute atomic E-state index is 13.3. The number of hydrogen-bond acceptors (Lipinski definition) is 3. The van der Waals surface area contributed by atoms with Crippen LogP contribution in [0.3, 0.4) is 0 Å². The summed E-state index contributed by atoms with van der Waals surface area (Å²) in [5.41, 5.74) is -0.562. The highest BCUT2D eigenvalue weighted by Gasteiger charge is 2.21. The minimum atomic E-state index is -1.14. The van der Waals surface area contributed by atoms with Crippen LogP contribution in [0.4, 0.5) is 14.5 Å². The van der Waals surface area contributed by atoms with Crippen LogP contribution in [-0.2, 0) is 6.54 Å². The Bertz CT molecular complexity index is 447. The maximum atomic E-state index is 13.3. The first-order valence-electron chi connectivity index (χ1n) is 5.41. The molecule has 1 aromatic rings. The van der Waals surface area contributed by atoms with Gasteiger partial charge < -0.3 is 5.32 Å². The van der Waals surface area contributed by atoms with E-state index in [1.807, 2.05) is 0 Å². The second-order valence-corrected chi connectivity index (χ2v) is 4.23. The van der Waals surface area contributed by atoms with E-state index in [4.69, 9.17) is 0 Å². The average Bonchev–Trinajstić information content (AvgIpc) is 3.04. The molecule has 0 amide bonds. The molecule has 1 N–H and O–H groups in total. The third-order valence-corrected chi connectivity index (χ3v) is 2.76. The first kappa shape index (κ1) is 11.9. The van der Waals surface area contributed by atoms with Crippen LogP contribution < -0.4 is 5.32 Å². The lowest BCUT2D eigenvalue weighted by Crippen LogP contribution is -2.17. The molecule has 6 heteroatoms. The number of nitrogens with one attached hydrogen (secondary N) is 1. The monoisotopic (exact) mass is 242 g/mol. The summed E-state index contributed by atoms with van der Waals surface area (Å²) in [5.74, 6) is -1.26. The van der Waals surface area contributed by atoms with Gasteiger partial charge in [-0.05, 0) is 25.3 Å². The Morgan fingerprint density at radius 1 is 1.35 bits per heavy atom. The Hall–Kier alpha value is -1.56. The predicted molar refractivity (Wildman–Crippen MR) is 57.4 cm³/mol. The van der Waals surface area contributed by atoms with Crippen molar-refractivity contribution < 1.29 is 13.7 Å². The lowest BCUT2D eigenvalue weighted by atomic mass is 10.1. The number of rotatable bonds is 5. The van der Waals surface area contributed by atoms with Gasteiger partial charge in [-0.3, -0.25) is 10.1 Å². The summed E-state index contributed by atoms with van der Waals surface area (Å²) in [7, 11) is 0. The van der Waals surface area contributed by atoms with Gasteiger partial charge in [0, 0.05) is 24.2 Å². The van der Waals surface area contributed by atoms with Gasteiger partial charge in [-0.2, -0.15) is 4.39 Å². The molecule has 1 aliphatic rings. The second-order valence-electron chi connectivity index (χ2n) is 4.23. The van der Waals surface area contributed by atoms with Gasteiger partial charge >= 0.3 is 5.69 Å². The maximum Gasteiger partial charge on any atom is 0.305 e. The van der Waals surface area contributed by atoms with Gasteiger partial charge in [0.15, 0.2) is 0 Å². The van der Waals surface area contributed by atoms with Crippen molar-refractivity contribution in [1.29, 1.82) is 0 Å². The van der Waals surface area contributed by atoms with Crippen molar-refractivity contribution >= 4 is 5.69 Å². The summed E-state index contributed by atoms with van der Waals surface area (Å²) < 4.78 is 26.4. The van der Waals surface area contributed by atoms with E-state index < -0.39 is 22.2 Å². The molecule has 2 rings (SSSR count). The van der Waals surface area contributed by atoms with E-state index in [1.165, 1.54) is 12.8 Å². The third-order valence-electron chi connectivity index (χ3n) is 2.76. The Balaban J connectivity index is 2.08. The van der Waals surface area contributed by atoms with Crippen molar-refractivity contribution in [2.45, 2.75) is 19.4 Å². The molecule has 0 aliphatic heterocycles. The van der Waals surface area contributed by atoms with Crippen molar-refractivity contribution in [2.24, 2.45) is 5.92 Å². The molecule has 0 spiro atoms. The van der Waals surface area contributed by atoms with Crippen molar-refractivity contribution in [3.63, 3.8) is 0 Å². The molecular formula is C11H12F2N2O2. The Morgan fingerprint density at radius 2 is 2.06 bits per heavy atom. The highest BCUT2D eigenvalue weighted by Crippen LogP contribution is 2.28. The second kappa shape index (κ2) is 4.75. The highest BCUT2D eigenvalue weighted by atomic mass is 19.1. The Labute approximate surface area is 96.8 Å². The summed E-state index contributed by atoms with van der Waals surface area (Å²) in [5, 5.41) is 13.5. The molecule has 0 atom stereocenters. The molecule has 0 saturated heterocycles. The van der Waals surface area contributed by atoms with E-state index in [1.54, 1.807) is 0 Å². The average molecular weight is 242 g/mol. The lowest BCUT2D eigenvalue weighted by Gasteiger charge is -2.05. The fourth-order valence-electron chi connectivity index (χ4n) is 1.59. The van der Waals surface area contributed by atoms with Crippen molar-refractivity contribution in [1.82, 2.24) is 5.32 Å². The molecule has 0 radical (unpaired) electrons. The first-order chi connectivity index (χ1) is 8.08. The van der Waals surface area contributed by atoms with Gasteiger partial charge in [0.1, 0.15) is 5.82 Å². The number of nitro groups is 1. The van der Waals surface area contributed by atoms with Gasteiger partial charge in [-0.25, -0.2) is 4.39 Å². The number of nitro benzene ring substituents is 1. The fourth-order valence-corrected chi connectivity index (χ4v) is 1.59. The summed E-state index contributed by atoms with van der Waals surface area (Å²) in [6, 6.07) is 1.51. The summed E-state index contributed by atoms with van der Waals surface area (Å²) >= 11 is 0. The normalized spacial score (nSPS) is 14.9. The van der Waals surface area contributed by atoms with Crippen molar-refractivity contribution in [2.75, 3.05) is 6.54 Å². The minimum absolute atomic E-state index is 0.124. The van der Waals surface area contributed by atoms with Crippen molar-refractivity contribution in [3.05, 3.63) is 39.4 Å². The molecule has 0 unspecified atom stereocenters. The Morgan fingerprint density at radius 3 is 2.65 bits per heavy atom. The first-order valence-corrected chi connectivity index (χ1v) is 5.41. The molecule has 0 heterocycles. The third kappa shape index (κ3) is 2.97. The smallest absolute Gasteiger partial charge is 0.305 e. The number of hydrogen-bond donors (Lipinski definition) is 1. The van der Waals surface area contributed by atoms with E-state index >= 15 is 0 Å². The molecule has 17 heavy (non-hydrogen) atoms. The number of benzene rings is 1. The van der Waals surface area contributed by atoms with E-state index in [0.29, 0.717) is 12.0 Å². The summed E-state index contributed by atoms with van der Waals surface area (Å²) in [4.78, 5) is 9.65. The van der Waals surface area contributed by atoms with Crippen LogP contribution in [0, 0.1) is 27.7 Å². The molecule has 0 bridgehead atoms. The quantitative estimate of drug-likeness (QED) is 0.637. The minimum Gasteiger partial charge on any atom is -0.312 e. The SMILES string of the molecule is O=[N+]([O-])c1cc(CNCC2CC2)c(F)cc1F. The van der Waals surface area contributed by atoms with Gasteiger partial charge in [0.2, 0.25) is 5.82 Å². The molecule has 0 aromatic heterocycles. The zero-order chi connectivity index (χ0) is 12.4. The van der Waals surface area contributed by atoms with E-state index in [0.717, 1.165) is 12.6 Å². The number of halogens is 2. The summed E-state index contributed by atoms with van der Waals surface area (Å²) in [6.07, 6.45) is 2.33. The standard InChI is InChI=1S/C11H12F2N2O2/c12-9-4-10(13)11(15(16)17)3-8(9)6-14-5-7-1-2-7/h3-4,7,14H,1-2,5-6H2. The van der Waals surface area contributed by atoms with Crippen LogP contribution in [0.15, 0.2) is 12.1 Å². The van der Waals surface area contributed by atoms with Crippen LogP contribution in [0.5, 0.6) is 0 Å². The van der Waals surface area contributed by atoms with Crippen LogP contribution in [0.25, 0.3) is 0 Å². The lowest BCUT2D eigenvalue weighted by molar-refractivity contribution is -0.387. The van der Waals surface area contributed by atoms with E-state index in [-0.39, 0.29) is 12.1 Å². The zero-order valence-corrected chi connectivity index (χ0v) is 9.08.